The van der Waals surface area contributed by atoms with E-state index >= 15 is 0 Å². The Morgan fingerprint density at radius 2 is 1.81 bits per heavy atom. The topological polar surface area (TPSA) is 139 Å². The van der Waals surface area contributed by atoms with Crippen molar-refractivity contribution in [3.63, 3.8) is 0 Å². The van der Waals surface area contributed by atoms with E-state index in [4.69, 9.17) is 16.7 Å². The van der Waals surface area contributed by atoms with Gasteiger partial charge >= 0.3 is 5.97 Å². The molecule has 11 heteroatoms. The number of hydrogen-bond donors (Lipinski definition) is 4. The van der Waals surface area contributed by atoms with Gasteiger partial charge in [0.05, 0.1) is 6.54 Å². The number of likely N-dealkylation sites (tertiary alicyclic amines) is 1. The number of aliphatic carboxylic acids is 1. The monoisotopic (exact) mass is 511 g/mol. The number of carbonyl (C=O) groups excluding carboxylic acids is 2. The van der Waals surface area contributed by atoms with E-state index in [1.54, 1.807) is 11.0 Å². The zero-order valence-electron chi connectivity index (χ0n) is 19.4. The summed E-state index contributed by atoms with van der Waals surface area (Å²) in [5.41, 5.74) is 5.44. The first-order chi connectivity index (χ1) is 17.3. The number of nitrogens with one attached hydrogen (secondary N) is 2. The molecule has 0 bridgehead atoms. The van der Waals surface area contributed by atoms with Crippen LogP contribution in [0.25, 0.3) is 11.1 Å². The lowest BCUT2D eigenvalue weighted by Gasteiger charge is -2.24. The van der Waals surface area contributed by atoms with Crippen LogP contribution in [0, 0.1) is 0 Å². The van der Waals surface area contributed by atoms with Crippen LogP contribution >= 0.6 is 11.6 Å². The summed E-state index contributed by atoms with van der Waals surface area (Å²) >= 11 is 6.07. The summed E-state index contributed by atoms with van der Waals surface area (Å²) in [6.07, 6.45) is 0.152. The predicted octanol–water partition coefficient (Wildman–Crippen LogP) is 2.56. The molecule has 4 rings (SSSR count). The Labute approximate surface area is 212 Å². The molecule has 36 heavy (non-hydrogen) atoms. The maximum Gasteiger partial charge on any atom is 0.333 e. The molecule has 2 aromatic carbocycles. The third-order valence-corrected chi connectivity index (χ3v) is 6.09. The first-order valence-electron chi connectivity index (χ1n) is 11.5. The zero-order chi connectivity index (χ0) is 25.7. The van der Waals surface area contributed by atoms with Gasteiger partial charge in [0.2, 0.25) is 0 Å². The van der Waals surface area contributed by atoms with E-state index in [2.05, 4.69) is 15.6 Å². The average Bonchev–Trinajstić information content (AvgIpc) is 3.57. The zero-order valence-corrected chi connectivity index (χ0v) is 20.1. The highest BCUT2D eigenvalue weighted by Gasteiger charge is 2.25. The second kappa shape index (κ2) is 11.3. The van der Waals surface area contributed by atoms with Crippen molar-refractivity contribution in [2.75, 3.05) is 19.6 Å². The number of halogens is 1. The SMILES string of the molecule is O=C(NN(Cc1ccc(-c2cccc(Cl)c2)cc1)CC(O)C(=O)O)c1cc(C(=O)N2CCCC2)n[nH]1. The summed E-state index contributed by atoms with van der Waals surface area (Å²) < 4.78 is 0. The number of aromatic nitrogens is 2. The molecule has 0 radical (unpaired) electrons. The van der Waals surface area contributed by atoms with Gasteiger partial charge in [0.15, 0.2) is 11.8 Å². The molecule has 1 unspecified atom stereocenters. The van der Waals surface area contributed by atoms with Gasteiger partial charge in [-0.15, -0.1) is 0 Å². The standard InChI is InChI=1S/C25H26ClN5O5/c26-19-5-3-4-18(12-19)17-8-6-16(7-9-17)14-31(15-22(32)25(35)36)29-23(33)20-13-21(28-27-20)24(34)30-10-1-2-11-30/h3-9,12-13,22,32H,1-2,10-11,14-15H2,(H,27,28)(H,29,33)(H,35,36). The van der Waals surface area contributed by atoms with Crippen LogP contribution in [-0.4, -0.2) is 73.8 Å². The lowest BCUT2D eigenvalue weighted by Crippen LogP contribution is -2.47. The summed E-state index contributed by atoms with van der Waals surface area (Å²) in [7, 11) is 0. The first kappa shape index (κ1) is 25.4. The van der Waals surface area contributed by atoms with Gasteiger partial charge in [0.25, 0.3) is 11.8 Å². The Kier molecular flexibility index (Phi) is 7.99. The fourth-order valence-electron chi connectivity index (χ4n) is 3.96. The summed E-state index contributed by atoms with van der Waals surface area (Å²) in [4.78, 5) is 38.2. The number of nitrogens with zero attached hydrogens (tertiary/aromatic N) is 3. The highest BCUT2D eigenvalue weighted by Crippen LogP contribution is 2.23. The van der Waals surface area contributed by atoms with E-state index in [1.807, 2.05) is 42.5 Å². The van der Waals surface area contributed by atoms with Crippen LogP contribution in [0.15, 0.2) is 54.6 Å². The van der Waals surface area contributed by atoms with E-state index in [9.17, 15) is 19.5 Å². The fourth-order valence-corrected chi connectivity index (χ4v) is 4.15. The molecular formula is C25H26ClN5O5. The van der Waals surface area contributed by atoms with Crippen LogP contribution in [0.5, 0.6) is 0 Å². The summed E-state index contributed by atoms with van der Waals surface area (Å²) in [5, 5.41) is 27.5. The second-order valence-electron chi connectivity index (χ2n) is 8.55. The van der Waals surface area contributed by atoms with Gasteiger partial charge in [-0.1, -0.05) is 48.0 Å². The smallest absolute Gasteiger partial charge is 0.333 e. The van der Waals surface area contributed by atoms with Crippen molar-refractivity contribution in [2.24, 2.45) is 0 Å². The van der Waals surface area contributed by atoms with Crippen molar-refractivity contribution in [2.45, 2.75) is 25.5 Å². The van der Waals surface area contributed by atoms with Crippen molar-refractivity contribution in [1.82, 2.24) is 25.5 Å². The van der Waals surface area contributed by atoms with Gasteiger partial charge in [0.1, 0.15) is 5.69 Å². The second-order valence-corrected chi connectivity index (χ2v) is 8.99. The normalized spacial score (nSPS) is 14.1. The molecule has 4 N–H and O–H groups in total. The van der Waals surface area contributed by atoms with E-state index < -0.39 is 18.0 Å². The molecule has 0 spiro atoms. The maximum absolute atomic E-state index is 12.8. The number of amides is 2. The number of aliphatic hydroxyl groups is 1. The summed E-state index contributed by atoms with van der Waals surface area (Å²) in [6.45, 7) is 1.08. The van der Waals surface area contributed by atoms with Gasteiger partial charge in [-0.3, -0.25) is 20.1 Å². The number of H-pyrrole nitrogens is 1. The van der Waals surface area contributed by atoms with E-state index in [0.29, 0.717) is 18.1 Å². The molecule has 0 aliphatic carbocycles. The number of carbonyl (C=O) groups is 3. The molecule has 1 saturated heterocycles. The molecule has 0 saturated carbocycles. The molecule has 188 valence electrons. The fraction of sp³-hybridized carbons (Fsp3) is 0.280. The minimum atomic E-state index is -1.72. The maximum atomic E-state index is 12.8. The number of carboxylic acid groups (broad SMARTS) is 1. The van der Waals surface area contributed by atoms with E-state index in [-0.39, 0.29) is 30.4 Å². The Morgan fingerprint density at radius 1 is 1.08 bits per heavy atom. The quantitative estimate of drug-likeness (QED) is 0.324. The minimum Gasteiger partial charge on any atom is -0.479 e. The molecular weight excluding hydrogens is 486 g/mol. The van der Waals surface area contributed by atoms with E-state index in [0.717, 1.165) is 29.5 Å². The van der Waals surface area contributed by atoms with Gasteiger partial charge in [0, 0.05) is 30.7 Å². The number of aliphatic hydroxyl groups excluding tert-OH is 1. The number of hydrogen-bond acceptors (Lipinski definition) is 6. The van der Waals surface area contributed by atoms with Crippen molar-refractivity contribution >= 4 is 29.4 Å². The predicted molar refractivity (Wildman–Crippen MR) is 132 cm³/mol. The summed E-state index contributed by atoms with van der Waals surface area (Å²) in [6, 6.07) is 16.2. The molecule has 1 fully saturated rings. The van der Waals surface area contributed by atoms with Crippen molar-refractivity contribution in [1.29, 1.82) is 0 Å². The molecule has 3 aromatic rings. The molecule has 1 atom stereocenters. The molecule has 1 aromatic heterocycles. The third kappa shape index (κ3) is 6.28. The van der Waals surface area contributed by atoms with Crippen LogP contribution < -0.4 is 5.43 Å². The lowest BCUT2D eigenvalue weighted by molar-refractivity contribution is -0.148. The average molecular weight is 512 g/mol. The summed E-state index contributed by atoms with van der Waals surface area (Å²) in [5.74, 6) is -2.28. The van der Waals surface area contributed by atoms with E-state index in [1.165, 1.54) is 11.1 Å². The number of rotatable bonds is 9. The molecule has 2 amide bonds. The van der Waals surface area contributed by atoms with Crippen LogP contribution in [0.2, 0.25) is 5.02 Å². The molecule has 1 aliphatic rings. The number of benzene rings is 2. The van der Waals surface area contributed by atoms with Gasteiger partial charge in [-0.05, 0) is 41.7 Å². The van der Waals surface area contributed by atoms with Gasteiger partial charge < -0.3 is 15.1 Å². The Morgan fingerprint density at radius 3 is 2.47 bits per heavy atom. The molecule has 2 heterocycles. The number of aromatic amines is 1. The van der Waals surface area contributed by atoms with Crippen LogP contribution in [-0.2, 0) is 11.3 Å². The van der Waals surface area contributed by atoms with Crippen LogP contribution in [0.1, 0.15) is 39.4 Å². The highest BCUT2D eigenvalue weighted by molar-refractivity contribution is 6.30. The molecule has 10 nitrogen and oxygen atoms in total. The van der Waals surface area contributed by atoms with Gasteiger partial charge in [-0.2, -0.15) is 5.10 Å². The third-order valence-electron chi connectivity index (χ3n) is 5.86. The Bertz CT molecular complexity index is 1240. The van der Waals surface area contributed by atoms with Gasteiger partial charge in [-0.25, -0.2) is 9.80 Å². The van der Waals surface area contributed by atoms with Crippen molar-refractivity contribution < 1.29 is 24.6 Å². The number of hydrazine groups is 1. The van der Waals surface area contributed by atoms with Crippen LogP contribution in [0.3, 0.4) is 0 Å². The van der Waals surface area contributed by atoms with Crippen molar-refractivity contribution in [3.05, 3.63) is 76.6 Å². The van der Waals surface area contributed by atoms with Crippen molar-refractivity contribution in [3.8, 4) is 11.1 Å². The van der Waals surface area contributed by atoms with Crippen LogP contribution in [0.4, 0.5) is 0 Å². The number of carboxylic acids is 1. The largest absolute Gasteiger partial charge is 0.479 e. The Balaban J connectivity index is 1.46. The Hall–Kier alpha value is -3.73. The lowest BCUT2D eigenvalue weighted by atomic mass is 10.0. The molecule has 1 aliphatic heterocycles. The highest BCUT2D eigenvalue weighted by atomic mass is 35.5. The first-order valence-corrected chi connectivity index (χ1v) is 11.8. The minimum absolute atomic E-state index is 0.0451.